The molecule has 114 valence electrons. The highest BCUT2D eigenvalue weighted by molar-refractivity contribution is 5.84. The van der Waals surface area contributed by atoms with Crippen molar-refractivity contribution in [2.24, 2.45) is 5.92 Å². The number of aliphatic hydroxyl groups excluding tert-OH is 1. The quantitative estimate of drug-likeness (QED) is 0.860. The first-order valence-corrected chi connectivity index (χ1v) is 7.66. The predicted octanol–water partition coefficient (Wildman–Crippen LogP) is 2.42. The summed E-state index contributed by atoms with van der Waals surface area (Å²) in [6.07, 6.45) is 4.76. The molecule has 4 heteroatoms. The fourth-order valence-electron chi connectivity index (χ4n) is 2.74. The first-order valence-electron chi connectivity index (χ1n) is 7.66. The first kappa shape index (κ1) is 14.7. The molecule has 22 heavy (non-hydrogen) atoms. The summed E-state index contributed by atoms with van der Waals surface area (Å²) in [5.74, 6) is 0.327. The Morgan fingerprint density at radius 2 is 1.82 bits per heavy atom. The molecule has 1 saturated carbocycles. The van der Waals surface area contributed by atoms with Crippen molar-refractivity contribution in [3.05, 3.63) is 66.0 Å². The van der Waals surface area contributed by atoms with E-state index < -0.39 is 6.10 Å². The fraction of sp³-hybridized carbons (Fsp3) is 0.333. The van der Waals surface area contributed by atoms with Crippen LogP contribution in [0.25, 0.3) is 0 Å². The largest absolute Gasteiger partial charge is 0.387 e. The zero-order valence-corrected chi connectivity index (χ0v) is 12.4. The van der Waals surface area contributed by atoms with E-state index in [1.807, 2.05) is 30.3 Å². The van der Waals surface area contributed by atoms with Gasteiger partial charge in [0.1, 0.15) is 0 Å². The lowest BCUT2D eigenvalue weighted by atomic mass is 9.93. The second-order valence-electron chi connectivity index (χ2n) is 5.77. The Labute approximate surface area is 130 Å². The molecule has 2 N–H and O–H groups in total. The van der Waals surface area contributed by atoms with E-state index in [4.69, 9.17) is 0 Å². The average Bonchev–Trinajstić information content (AvgIpc) is 3.39. The number of rotatable bonds is 6. The molecule has 1 aromatic carbocycles. The maximum absolute atomic E-state index is 12.5. The van der Waals surface area contributed by atoms with Crippen LogP contribution < -0.4 is 5.32 Å². The van der Waals surface area contributed by atoms with Crippen molar-refractivity contribution in [2.45, 2.75) is 24.9 Å². The molecular weight excluding hydrogens is 276 g/mol. The lowest BCUT2D eigenvalue weighted by molar-refractivity contribution is -0.123. The van der Waals surface area contributed by atoms with Crippen LogP contribution in [0, 0.1) is 5.92 Å². The minimum absolute atomic E-state index is 0.00167. The van der Waals surface area contributed by atoms with Crippen molar-refractivity contribution in [3.63, 3.8) is 0 Å². The van der Waals surface area contributed by atoms with E-state index in [0.29, 0.717) is 5.92 Å². The lowest BCUT2D eigenvalue weighted by Gasteiger charge is -2.18. The van der Waals surface area contributed by atoms with Gasteiger partial charge in [-0.25, -0.2) is 0 Å². The molecule has 0 spiro atoms. The fourth-order valence-corrected chi connectivity index (χ4v) is 2.74. The number of carbonyl (C=O) groups excluding carboxylic acids is 1. The lowest BCUT2D eigenvalue weighted by Crippen LogP contribution is -2.33. The van der Waals surface area contributed by atoms with Gasteiger partial charge in [-0.2, -0.15) is 0 Å². The van der Waals surface area contributed by atoms with Gasteiger partial charge in [-0.05, 0) is 42.0 Å². The maximum Gasteiger partial charge on any atom is 0.227 e. The van der Waals surface area contributed by atoms with Crippen molar-refractivity contribution in [1.29, 1.82) is 0 Å². The third-order valence-corrected chi connectivity index (χ3v) is 4.10. The SMILES string of the molecule is O=C(NCC(O)c1ccncc1)C(c1ccccc1)C1CC1. The number of hydrogen-bond acceptors (Lipinski definition) is 3. The van der Waals surface area contributed by atoms with Gasteiger partial charge in [0.2, 0.25) is 5.91 Å². The third kappa shape index (κ3) is 3.52. The van der Waals surface area contributed by atoms with Crippen molar-refractivity contribution in [3.8, 4) is 0 Å². The summed E-state index contributed by atoms with van der Waals surface area (Å²) in [5, 5.41) is 13.0. The summed E-state index contributed by atoms with van der Waals surface area (Å²) in [6.45, 7) is 0.221. The molecule has 1 heterocycles. The molecule has 1 amide bonds. The Bertz CT molecular complexity index is 611. The summed E-state index contributed by atoms with van der Waals surface area (Å²) < 4.78 is 0. The van der Waals surface area contributed by atoms with Crippen LogP contribution in [-0.2, 0) is 4.79 Å². The number of aromatic nitrogens is 1. The van der Waals surface area contributed by atoms with Gasteiger partial charge < -0.3 is 10.4 Å². The van der Waals surface area contributed by atoms with Gasteiger partial charge in [-0.15, -0.1) is 0 Å². The van der Waals surface area contributed by atoms with Crippen molar-refractivity contribution < 1.29 is 9.90 Å². The molecule has 1 aromatic heterocycles. The summed E-state index contributed by atoms with van der Waals surface area (Å²) >= 11 is 0. The number of carbonyl (C=O) groups is 1. The van der Waals surface area contributed by atoms with Crippen molar-refractivity contribution in [2.75, 3.05) is 6.54 Å². The number of benzene rings is 1. The van der Waals surface area contributed by atoms with E-state index >= 15 is 0 Å². The minimum Gasteiger partial charge on any atom is -0.387 e. The summed E-state index contributed by atoms with van der Waals surface area (Å²) in [5.41, 5.74) is 1.82. The third-order valence-electron chi connectivity index (χ3n) is 4.10. The van der Waals surface area contributed by atoms with Crippen LogP contribution in [-0.4, -0.2) is 22.5 Å². The molecule has 0 bridgehead atoms. The molecule has 2 unspecified atom stereocenters. The minimum atomic E-state index is -0.706. The summed E-state index contributed by atoms with van der Waals surface area (Å²) in [7, 11) is 0. The van der Waals surface area contributed by atoms with Crippen LogP contribution in [0.4, 0.5) is 0 Å². The molecule has 0 saturated heterocycles. The first-order chi connectivity index (χ1) is 10.8. The average molecular weight is 296 g/mol. The molecule has 0 aliphatic heterocycles. The molecule has 1 aliphatic rings. The Morgan fingerprint density at radius 1 is 1.14 bits per heavy atom. The maximum atomic E-state index is 12.5. The number of hydrogen-bond donors (Lipinski definition) is 2. The van der Waals surface area contributed by atoms with Crippen LogP contribution in [0.15, 0.2) is 54.9 Å². The molecule has 2 atom stereocenters. The Kier molecular flexibility index (Phi) is 4.49. The number of amides is 1. The van der Waals surface area contributed by atoms with Gasteiger partial charge >= 0.3 is 0 Å². The van der Waals surface area contributed by atoms with E-state index in [9.17, 15) is 9.90 Å². The van der Waals surface area contributed by atoms with Gasteiger partial charge in [0.25, 0.3) is 0 Å². The van der Waals surface area contributed by atoms with Gasteiger partial charge in [0.05, 0.1) is 12.0 Å². The van der Waals surface area contributed by atoms with E-state index in [0.717, 1.165) is 24.0 Å². The highest BCUT2D eigenvalue weighted by Gasteiger charge is 2.37. The van der Waals surface area contributed by atoms with E-state index in [2.05, 4.69) is 10.3 Å². The van der Waals surface area contributed by atoms with Gasteiger partial charge in [-0.1, -0.05) is 30.3 Å². The van der Waals surface area contributed by atoms with E-state index in [1.54, 1.807) is 24.5 Å². The van der Waals surface area contributed by atoms with E-state index in [1.165, 1.54) is 0 Å². The highest BCUT2D eigenvalue weighted by atomic mass is 16.3. The van der Waals surface area contributed by atoms with E-state index in [-0.39, 0.29) is 18.4 Å². The second-order valence-corrected chi connectivity index (χ2v) is 5.77. The molecule has 0 radical (unpaired) electrons. The summed E-state index contributed by atoms with van der Waals surface area (Å²) in [4.78, 5) is 16.5. The number of aliphatic hydroxyl groups is 1. The highest BCUT2D eigenvalue weighted by Crippen LogP contribution is 2.42. The van der Waals surface area contributed by atoms with Crippen molar-refractivity contribution in [1.82, 2.24) is 10.3 Å². The zero-order valence-electron chi connectivity index (χ0n) is 12.4. The van der Waals surface area contributed by atoms with Gasteiger partial charge in [-0.3, -0.25) is 9.78 Å². The van der Waals surface area contributed by atoms with Crippen LogP contribution in [0.3, 0.4) is 0 Å². The normalized spacial score (nSPS) is 16.8. The molecule has 4 nitrogen and oxygen atoms in total. The molecule has 1 fully saturated rings. The topological polar surface area (TPSA) is 62.2 Å². The van der Waals surface area contributed by atoms with Crippen molar-refractivity contribution >= 4 is 5.91 Å². The molecule has 2 aromatic rings. The monoisotopic (exact) mass is 296 g/mol. The van der Waals surface area contributed by atoms with Crippen LogP contribution in [0.1, 0.15) is 36.0 Å². The Hall–Kier alpha value is -2.20. The van der Waals surface area contributed by atoms with Gasteiger partial charge in [0, 0.05) is 18.9 Å². The standard InChI is InChI=1S/C18H20N2O2/c21-16(13-8-10-19-11-9-13)12-20-18(22)17(15-6-7-15)14-4-2-1-3-5-14/h1-5,8-11,15-17,21H,6-7,12H2,(H,20,22). The van der Waals surface area contributed by atoms with Gasteiger partial charge in [0.15, 0.2) is 0 Å². The number of pyridine rings is 1. The molecule has 1 aliphatic carbocycles. The second kappa shape index (κ2) is 6.71. The number of nitrogens with zero attached hydrogens (tertiary/aromatic N) is 1. The molecular formula is C18H20N2O2. The Morgan fingerprint density at radius 3 is 2.45 bits per heavy atom. The van der Waals surface area contributed by atoms with Crippen LogP contribution >= 0.6 is 0 Å². The Balaban J connectivity index is 1.63. The predicted molar refractivity (Wildman–Crippen MR) is 84.1 cm³/mol. The van der Waals surface area contributed by atoms with Crippen LogP contribution in [0.2, 0.25) is 0 Å². The smallest absolute Gasteiger partial charge is 0.227 e. The zero-order chi connectivity index (χ0) is 15.4. The van der Waals surface area contributed by atoms with Crippen LogP contribution in [0.5, 0.6) is 0 Å². The summed E-state index contributed by atoms with van der Waals surface area (Å²) in [6, 6.07) is 13.4. The number of nitrogens with one attached hydrogen (secondary N) is 1. The molecule has 3 rings (SSSR count).